The number of methoxy groups -OCH3 is 1. The fraction of sp³-hybridized carbons (Fsp3) is 0.267. The van der Waals surface area contributed by atoms with Crippen LogP contribution in [0.5, 0.6) is 0 Å². The van der Waals surface area contributed by atoms with Crippen LogP contribution in [0.1, 0.15) is 23.6 Å². The molecule has 0 radical (unpaired) electrons. The minimum atomic E-state index is -0.314. The minimum absolute atomic E-state index is 0.202. The van der Waals surface area contributed by atoms with Gasteiger partial charge in [-0.3, -0.25) is 4.79 Å². The van der Waals surface area contributed by atoms with Gasteiger partial charge in [-0.1, -0.05) is 24.3 Å². The number of ether oxygens (including phenoxy) is 1. The number of thiophene rings is 1. The van der Waals surface area contributed by atoms with Crippen LogP contribution in [-0.4, -0.2) is 13.1 Å². The molecule has 0 saturated carbocycles. The average molecular weight is 275 g/mol. The van der Waals surface area contributed by atoms with Crippen molar-refractivity contribution in [3.63, 3.8) is 0 Å². The lowest BCUT2D eigenvalue weighted by atomic mass is 10.0. The second kappa shape index (κ2) is 5.99. The van der Waals surface area contributed by atoms with Gasteiger partial charge in [-0.2, -0.15) is 0 Å². The summed E-state index contributed by atoms with van der Waals surface area (Å²) in [5.74, 6) is -0.286. The highest BCUT2D eigenvalue weighted by Gasteiger charge is 2.12. The van der Waals surface area contributed by atoms with Gasteiger partial charge in [0.05, 0.1) is 13.5 Å². The minimum Gasteiger partial charge on any atom is -0.469 e. The van der Waals surface area contributed by atoms with Gasteiger partial charge in [0.1, 0.15) is 0 Å². The molecule has 0 aliphatic rings. The molecule has 0 spiro atoms. The lowest BCUT2D eigenvalue weighted by Crippen LogP contribution is -2.16. The third-order valence-electron chi connectivity index (χ3n) is 3.08. The van der Waals surface area contributed by atoms with E-state index in [0.717, 1.165) is 5.56 Å². The molecule has 19 heavy (non-hydrogen) atoms. The number of carbonyl (C=O) groups is 1. The molecular formula is C15H17NO2S. The molecule has 1 atom stereocenters. The van der Waals surface area contributed by atoms with Gasteiger partial charge in [0.2, 0.25) is 0 Å². The molecule has 2 aromatic rings. The van der Waals surface area contributed by atoms with Crippen LogP contribution in [0.15, 0.2) is 35.7 Å². The first-order chi connectivity index (χ1) is 9.11. The lowest BCUT2D eigenvalue weighted by molar-refractivity contribution is -0.141. The fourth-order valence-corrected chi connectivity index (χ4v) is 2.87. The van der Waals surface area contributed by atoms with E-state index in [2.05, 4.69) is 23.1 Å². The number of carbonyl (C=O) groups excluding carboxylic acids is 1. The van der Waals surface area contributed by atoms with E-state index >= 15 is 0 Å². The summed E-state index contributed by atoms with van der Waals surface area (Å²) in [5, 5.41) is 2.08. The van der Waals surface area contributed by atoms with E-state index in [1.165, 1.54) is 23.1 Å². The Morgan fingerprint density at radius 1 is 1.32 bits per heavy atom. The Bertz CT molecular complexity index is 560. The van der Waals surface area contributed by atoms with Crippen LogP contribution in [0.2, 0.25) is 0 Å². The first-order valence-corrected chi connectivity index (χ1v) is 6.96. The van der Waals surface area contributed by atoms with Crippen LogP contribution < -0.4 is 5.73 Å². The molecule has 100 valence electrons. The van der Waals surface area contributed by atoms with Crippen molar-refractivity contribution in [1.29, 1.82) is 0 Å². The van der Waals surface area contributed by atoms with E-state index in [4.69, 9.17) is 5.73 Å². The summed E-state index contributed by atoms with van der Waals surface area (Å²) in [6.45, 7) is 2.10. The second-order valence-electron chi connectivity index (χ2n) is 4.44. The van der Waals surface area contributed by atoms with E-state index in [0.29, 0.717) is 0 Å². The Morgan fingerprint density at radius 2 is 2.00 bits per heavy atom. The molecule has 2 N–H and O–H groups in total. The normalized spacial score (nSPS) is 12.2. The maximum absolute atomic E-state index is 11.2. The van der Waals surface area contributed by atoms with Gasteiger partial charge in [0, 0.05) is 10.9 Å². The highest BCUT2D eigenvalue weighted by molar-refractivity contribution is 7.13. The molecule has 3 nitrogen and oxygen atoms in total. The third-order valence-corrected chi connectivity index (χ3v) is 4.14. The number of nitrogens with two attached hydrogens (primary N) is 1. The molecule has 1 aromatic heterocycles. The van der Waals surface area contributed by atoms with Crippen LogP contribution in [0.3, 0.4) is 0 Å². The van der Waals surface area contributed by atoms with Crippen molar-refractivity contribution in [2.75, 3.05) is 7.11 Å². The van der Waals surface area contributed by atoms with Crippen molar-refractivity contribution in [2.45, 2.75) is 19.4 Å². The molecule has 0 amide bonds. The number of benzene rings is 1. The van der Waals surface area contributed by atoms with Crippen molar-refractivity contribution in [1.82, 2.24) is 0 Å². The van der Waals surface area contributed by atoms with Crippen LogP contribution in [0.4, 0.5) is 0 Å². The molecule has 0 bridgehead atoms. The van der Waals surface area contributed by atoms with Crippen LogP contribution in [0, 0.1) is 6.92 Å². The zero-order valence-electron chi connectivity index (χ0n) is 11.1. The van der Waals surface area contributed by atoms with Gasteiger partial charge in [0.25, 0.3) is 0 Å². The van der Waals surface area contributed by atoms with E-state index in [-0.39, 0.29) is 18.4 Å². The first-order valence-electron chi connectivity index (χ1n) is 6.08. The summed E-state index contributed by atoms with van der Waals surface area (Å²) in [7, 11) is 1.37. The Kier molecular flexibility index (Phi) is 4.35. The van der Waals surface area contributed by atoms with Gasteiger partial charge >= 0.3 is 5.97 Å². The molecule has 1 heterocycles. The number of hydrogen-bond donors (Lipinski definition) is 1. The van der Waals surface area contributed by atoms with Gasteiger partial charge < -0.3 is 10.5 Å². The average Bonchev–Trinajstić information content (AvgIpc) is 2.85. The maximum atomic E-state index is 11.2. The molecule has 4 heteroatoms. The smallest absolute Gasteiger partial charge is 0.307 e. The molecule has 0 fully saturated rings. The zero-order valence-corrected chi connectivity index (χ0v) is 11.9. The predicted molar refractivity (Wildman–Crippen MR) is 78.1 cm³/mol. The van der Waals surface area contributed by atoms with Crippen molar-refractivity contribution in [3.8, 4) is 10.4 Å². The largest absolute Gasteiger partial charge is 0.469 e. The molecule has 0 aliphatic heterocycles. The van der Waals surface area contributed by atoms with Crippen molar-refractivity contribution in [3.05, 3.63) is 46.8 Å². The fourth-order valence-electron chi connectivity index (χ4n) is 1.93. The maximum Gasteiger partial charge on any atom is 0.307 e. The van der Waals surface area contributed by atoms with Gasteiger partial charge in [-0.25, -0.2) is 0 Å². The van der Waals surface area contributed by atoms with Crippen molar-refractivity contribution in [2.24, 2.45) is 5.73 Å². The quantitative estimate of drug-likeness (QED) is 0.871. The summed E-state index contributed by atoms with van der Waals surface area (Å²) < 4.78 is 4.62. The van der Waals surface area contributed by atoms with Crippen LogP contribution >= 0.6 is 11.3 Å². The molecule has 1 aromatic carbocycles. The molecule has 0 aliphatic carbocycles. The summed E-state index contributed by atoms with van der Waals surface area (Å²) >= 11 is 1.73. The Hall–Kier alpha value is -1.65. The second-order valence-corrected chi connectivity index (χ2v) is 5.36. The van der Waals surface area contributed by atoms with E-state index in [1.807, 2.05) is 24.3 Å². The number of hydrogen-bond acceptors (Lipinski definition) is 4. The summed E-state index contributed by atoms with van der Waals surface area (Å²) in [6, 6.07) is 9.84. The van der Waals surface area contributed by atoms with Crippen LogP contribution in [0.25, 0.3) is 10.4 Å². The van der Waals surface area contributed by atoms with Gasteiger partial charge in [0.15, 0.2) is 0 Å². The number of aryl methyl sites for hydroxylation is 1. The molecule has 0 saturated heterocycles. The lowest BCUT2D eigenvalue weighted by Gasteiger charge is -2.11. The van der Waals surface area contributed by atoms with Gasteiger partial charge in [-0.15, -0.1) is 11.3 Å². The summed E-state index contributed by atoms with van der Waals surface area (Å²) in [4.78, 5) is 12.5. The zero-order chi connectivity index (χ0) is 13.8. The Balaban J connectivity index is 2.15. The highest BCUT2D eigenvalue weighted by Crippen LogP contribution is 2.29. The highest BCUT2D eigenvalue weighted by atomic mass is 32.1. The predicted octanol–water partition coefficient (Wildman–Crippen LogP) is 3.29. The molecule has 2 rings (SSSR count). The Morgan fingerprint density at radius 3 is 2.53 bits per heavy atom. The Labute approximate surface area is 117 Å². The number of esters is 1. The topological polar surface area (TPSA) is 52.3 Å². The van der Waals surface area contributed by atoms with E-state index in [9.17, 15) is 4.79 Å². The molecule has 1 unspecified atom stereocenters. The van der Waals surface area contributed by atoms with Gasteiger partial charge in [-0.05, 0) is 35.1 Å². The van der Waals surface area contributed by atoms with E-state index in [1.54, 1.807) is 11.3 Å². The summed E-state index contributed by atoms with van der Waals surface area (Å²) in [6.07, 6.45) is 0.202. The van der Waals surface area contributed by atoms with Crippen LogP contribution in [-0.2, 0) is 9.53 Å². The summed E-state index contributed by atoms with van der Waals surface area (Å²) in [5.41, 5.74) is 9.38. The monoisotopic (exact) mass is 275 g/mol. The third kappa shape index (κ3) is 3.22. The van der Waals surface area contributed by atoms with E-state index < -0.39 is 0 Å². The molecular weight excluding hydrogens is 258 g/mol. The SMILES string of the molecule is COC(=O)CC(N)c1ccc(-c2sccc2C)cc1. The number of rotatable bonds is 4. The van der Waals surface area contributed by atoms with Crippen molar-refractivity contribution >= 4 is 17.3 Å². The standard InChI is InChI=1S/C15H17NO2S/c1-10-7-8-19-15(10)12-5-3-11(4-6-12)13(16)9-14(17)18-2/h3-8,13H,9,16H2,1-2H3. The first kappa shape index (κ1) is 13.8. The van der Waals surface area contributed by atoms with Crippen molar-refractivity contribution < 1.29 is 9.53 Å².